The number of amides is 1. The molecule has 8 nitrogen and oxygen atoms in total. The number of benzene rings is 2. The predicted octanol–water partition coefficient (Wildman–Crippen LogP) is 5.10. The number of anilines is 1. The molecule has 186 valence electrons. The lowest BCUT2D eigenvalue weighted by molar-refractivity contribution is 0.0599. The van der Waals surface area contributed by atoms with E-state index in [-0.39, 0.29) is 5.91 Å². The van der Waals surface area contributed by atoms with Gasteiger partial charge in [-0.15, -0.1) is 0 Å². The summed E-state index contributed by atoms with van der Waals surface area (Å²) in [5.74, 6) is -0.632. The number of halogens is 1. The van der Waals surface area contributed by atoms with Gasteiger partial charge in [0.2, 0.25) is 0 Å². The SMILES string of the molecule is COC(=O)c1ccccc1Cn1nc(C)c(NC(=O)c2cccc(Cn3nc(C)c(Cl)c3C)c2)c1C. The molecule has 36 heavy (non-hydrogen) atoms. The summed E-state index contributed by atoms with van der Waals surface area (Å²) in [6, 6.07) is 14.7. The minimum atomic E-state index is -0.400. The van der Waals surface area contributed by atoms with Gasteiger partial charge in [0.15, 0.2) is 0 Å². The van der Waals surface area contributed by atoms with E-state index in [4.69, 9.17) is 16.3 Å². The van der Waals surface area contributed by atoms with Crippen molar-refractivity contribution in [2.45, 2.75) is 40.8 Å². The fourth-order valence-electron chi connectivity index (χ4n) is 4.16. The number of carbonyl (C=O) groups excluding carboxylic acids is 2. The van der Waals surface area contributed by atoms with Gasteiger partial charge in [0.05, 0.1) is 59.2 Å². The van der Waals surface area contributed by atoms with Gasteiger partial charge >= 0.3 is 5.97 Å². The third-order valence-electron chi connectivity index (χ3n) is 6.18. The summed E-state index contributed by atoms with van der Waals surface area (Å²) < 4.78 is 8.50. The Kier molecular flexibility index (Phi) is 7.26. The molecule has 0 saturated heterocycles. The van der Waals surface area contributed by atoms with E-state index in [9.17, 15) is 9.59 Å². The van der Waals surface area contributed by atoms with Crippen LogP contribution in [0.4, 0.5) is 5.69 Å². The first kappa shape index (κ1) is 25.2. The Hall–Kier alpha value is -3.91. The quantitative estimate of drug-likeness (QED) is 0.353. The Bertz CT molecular complexity index is 1450. The number of hydrogen-bond donors (Lipinski definition) is 1. The molecule has 0 saturated carbocycles. The largest absolute Gasteiger partial charge is 0.465 e. The van der Waals surface area contributed by atoms with E-state index in [1.54, 1.807) is 22.9 Å². The van der Waals surface area contributed by atoms with E-state index >= 15 is 0 Å². The average molecular weight is 506 g/mol. The van der Waals surface area contributed by atoms with Crippen LogP contribution in [0, 0.1) is 27.7 Å². The van der Waals surface area contributed by atoms with Crippen molar-refractivity contribution in [2.24, 2.45) is 0 Å². The summed E-state index contributed by atoms with van der Waals surface area (Å²) in [4.78, 5) is 25.3. The van der Waals surface area contributed by atoms with Crippen LogP contribution in [0.2, 0.25) is 5.02 Å². The Balaban J connectivity index is 1.54. The number of hydrogen-bond acceptors (Lipinski definition) is 5. The van der Waals surface area contributed by atoms with E-state index in [1.807, 2.05) is 62.7 Å². The van der Waals surface area contributed by atoms with Gasteiger partial charge in [-0.2, -0.15) is 10.2 Å². The number of nitrogens with one attached hydrogen (secondary N) is 1. The Morgan fingerprint density at radius 2 is 1.61 bits per heavy atom. The van der Waals surface area contributed by atoms with Crippen LogP contribution in [0.15, 0.2) is 48.5 Å². The Morgan fingerprint density at radius 3 is 2.31 bits per heavy atom. The van der Waals surface area contributed by atoms with Crippen LogP contribution in [-0.2, 0) is 17.8 Å². The van der Waals surface area contributed by atoms with Crippen molar-refractivity contribution in [2.75, 3.05) is 12.4 Å². The minimum Gasteiger partial charge on any atom is -0.465 e. The zero-order valence-corrected chi connectivity index (χ0v) is 21.7. The van der Waals surface area contributed by atoms with Crippen LogP contribution in [0.1, 0.15) is 54.6 Å². The first-order valence-corrected chi connectivity index (χ1v) is 11.9. The van der Waals surface area contributed by atoms with E-state index in [0.717, 1.165) is 28.2 Å². The van der Waals surface area contributed by atoms with Gasteiger partial charge in [-0.1, -0.05) is 41.9 Å². The summed E-state index contributed by atoms with van der Waals surface area (Å²) in [7, 11) is 1.36. The summed E-state index contributed by atoms with van der Waals surface area (Å²) >= 11 is 6.27. The van der Waals surface area contributed by atoms with Crippen molar-refractivity contribution in [3.8, 4) is 0 Å². The highest BCUT2D eigenvalue weighted by molar-refractivity contribution is 6.31. The molecule has 1 amide bonds. The van der Waals surface area contributed by atoms with E-state index in [1.165, 1.54) is 7.11 Å². The van der Waals surface area contributed by atoms with Gasteiger partial charge in [0.25, 0.3) is 5.91 Å². The highest BCUT2D eigenvalue weighted by Crippen LogP contribution is 2.23. The van der Waals surface area contributed by atoms with Crippen molar-refractivity contribution in [3.63, 3.8) is 0 Å². The average Bonchev–Trinajstić information content (AvgIpc) is 3.27. The highest BCUT2D eigenvalue weighted by Gasteiger charge is 2.18. The molecule has 2 aromatic heterocycles. The number of carbonyl (C=O) groups is 2. The predicted molar refractivity (Wildman–Crippen MR) is 139 cm³/mol. The molecule has 0 radical (unpaired) electrons. The normalized spacial score (nSPS) is 10.9. The third-order valence-corrected chi connectivity index (χ3v) is 6.72. The van der Waals surface area contributed by atoms with Gasteiger partial charge in [-0.25, -0.2) is 4.79 Å². The molecule has 1 N–H and O–H groups in total. The van der Waals surface area contributed by atoms with Gasteiger partial charge in [0, 0.05) is 5.56 Å². The molecular weight excluding hydrogens is 478 g/mol. The number of aromatic nitrogens is 4. The maximum Gasteiger partial charge on any atom is 0.338 e. The van der Waals surface area contributed by atoms with Crippen molar-refractivity contribution in [1.82, 2.24) is 19.6 Å². The summed E-state index contributed by atoms with van der Waals surface area (Å²) in [5.41, 5.74) is 6.52. The van der Waals surface area contributed by atoms with E-state index in [0.29, 0.717) is 40.6 Å². The second-order valence-corrected chi connectivity index (χ2v) is 9.03. The van der Waals surface area contributed by atoms with Crippen LogP contribution < -0.4 is 5.32 Å². The number of nitrogens with zero attached hydrogens (tertiary/aromatic N) is 4. The molecule has 9 heteroatoms. The Morgan fingerprint density at radius 1 is 0.917 bits per heavy atom. The molecule has 0 aliphatic carbocycles. The first-order valence-electron chi connectivity index (χ1n) is 11.5. The highest BCUT2D eigenvalue weighted by atomic mass is 35.5. The monoisotopic (exact) mass is 505 g/mol. The maximum absolute atomic E-state index is 13.1. The molecule has 0 spiro atoms. The van der Waals surface area contributed by atoms with Gasteiger partial charge in [0.1, 0.15) is 0 Å². The van der Waals surface area contributed by atoms with Gasteiger partial charge in [-0.3, -0.25) is 14.2 Å². The molecule has 0 aliphatic rings. The summed E-state index contributed by atoms with van der Waals surface area (Å²) in [5, 5.41) is 12.7. The van der Waals surface area contributed by atoms with Crippen LogP contribution in [0.25, 0.3) is 0 Å². The smallest absolute Gasteiger partial charge is 0.338 e. The molecule has 0 fully saturated rings. The van der Waals surface area contributed by atoms with Gasteiger partial charge < -0.3 is 10.1 Å². The molecule has 2 aromatic carbocycles. The molecule has 0 atom stereocenters. The second kappa shape index (κ2) is 10.4. The summed E-state index contributed by atoms with van der Waals surface area (Å²) in [6.45, 7) is 8.40. The molecule has 0 aliphatic heterocycles. The second-order valence-electron chi connectivity index (χ2n) is 8.65. The third kappa shape index (κ3) is 5.04. The minimum absolute atomic E-state index is 0.232. The lowest BCUT2D eigenvalue weighted by atomic mass is 10.1. The summed E-state index contributed by atoms with van der Waals surface area (Å²) in [6.07, 6.45) is 0. The molecule has 4 rings (SSSR count). The standard InChI is InChI=1S/C27H28ClN5O3/c1-16-24(28)18(3)32(30-16)14-20-9-8-11-21(13-20)26(34)29-25-17(2)31-33(19(25)4)15-22-10-6-7-12-23(22)27(35)36-5/h6-13H,14-15H2,1-5H3,(H,29,34). The van der Waals surface area contributed by atoms with E-state index in [2.05, 4.69) is 15.5 Å². The lowest BCUT2D eigenvalue weighted by Crippen LogP contribution is -2.14. The number of rotatable bonds is 7. The van der Waals surface area contributed by atoms with Crippen LogP contribution >= 0.6 is 11.6 Å². The zero-order valence-electron chi connectivity index (χ0n) is 20.9. The first-order chi connectivity index (χ1) is 17.2. The molecule has 0 bridgehead atoms. The molecule has 2 heterocycles. The van der Waals surface area contributed by atoms with Crippen molar-refractivity contribution >= 4 is 29.2 Å². The zero-order chi connectivity index (χ0) is 26.0. The Labute approximate surface area is 214 Å². The number of aryl methyl sites for hydroxylation is 2. The fraction of sp³-hybridized carbons (Fsp3) is 0.259. The molecule has 4 aromatic rings. The van der Waals surface area contributed by atoms with Crippen LogP contribution in [0.3, 0.4) is 0 Å². The fourth-order valence-corrected chi connectivity index (χ4v) is 4.29. The maximum atomic E-state index is 13.1. The van der Waals surface area contributed by atoms with Crippen molar-refractivity contribution < 1.29 is 14.3 Å². The van der Waals surface area contributed by atoms with Gasteiger partial charge in [-0.05, 0) is 57.0 Å². The van der Waals surface area contributed by atoms with Crippen molar-refractivity contribution in [3.05, 3.63) is 98.6 Å². The topological polar surface area (TPSA) is 91.0 Å². The number of esters is 1. The van der Waals surface area contributed by atoms with Crippen molar-refractivity contribution in [1.29, 1.82) is 0 Å². The molecular formula is C27H28ClN5O3. The lowest BCUT2D eigenvalue weighted by Gasteiger charge is -2.11. The number of methoxy groups -OCH3 is 1. The van der Waals surface area contributed by atoms with Crippen LogP contribution in [0.5, 0.6) is 0 Å². The number of ether oxygens (including phenoxy) is 1. The molecule has 0 unspecified atom stereocenters. The van der Waals surface area contributed by atoms with E-state index < -0.39 is 5.97 Å². The van der Waals surface area contributed by atoms with Crippen LogP contribution in [-0.4, -0.2) is 38.5 Å².